The molecule has 0 aliphatic heterocycles. The number of aromatic nitrogens is 2. The lowest BCUT2D eigenvalue weighted by Gasteiger charge is -2.14. The molecule has 0 radical (unpaired) electrons. The summed E-state index contributed by atoms with van der Waals surface area (Å²) in [5, 5.41) is 0.788. The summed E-state index contributed by atoms with van der Waals surface area (Å²) in [6.07, 6.45) is 4.50. The van der Waals surface area contributed by atoms with Gasteiger partial charge in [-0.15, -0.1) is 0 Å². The van der Waals surface area contributed by atoms with Crippen molar-refractivity contribution in [1.82, 2.24) is 8.96 Å². The Morgan fingerprint density at radius 2 is 1.91 bits per heavy atom. The van der Waals surface area contributed by atoms with E-state index in [4.69, 9.17) is 15.2 Å². The zero-order valence-corrected chi connectivity index (χ0v) is 20.4. The molecule has 0 spiro atoms. The normalized spacial score (nSPS) is 11.5. The van der Waals surface area contributed by atoms with Crippen LogP contribution in [0.5, 0.6) is 5.75 Å². The fourth-order valence-corrected chi connectivity index (χ4v) is 4.75. The van der Waals surface area contributed by atoms with Gasteiger partial charge in [0.2, 0.25) is 10.0 Å². The third kappa shape index (κ3) is 5.52. The number of carbonyl (C=O) groups is 1. The minimum atomic E-state index is -3.52. The van der Waals surface area contributed by atoms with Gasteiger partial charge < -0.3 is 15.2 Å². The number of esters is 1. The highest BCUT2D eigenvalue weighted by atomic mass is 32.2. The lowest BCUT2D eigenvalue weighted by atomic mass is 9.99. The maximum atomic E-state index is 12.4. The van der Waals surface area contributed by atoms with Crippen LogP contribution in [0.2, 0.25) is 0 Å². The average Bonchev–Trinajstić information content (AvgIpc) is 3.28. The Hall–Kier alpha value is -3.69. The Morgan fingerprint density at radius 3 is 2.66 bits per heavy atom. The second-order valence-electron chi connectivity index (χ2n) is 8.07. The van der Waals surface area contributed by atoms with Gasteiger partial charge in [0.25, 0.3) is 0 Å². The third-order valence-corrected chi connectivity index (χ3v) is 6.57. The highest BCUT2D eigenvalue weighted by molar-refractivity contribution is 7.89. The maximum absolute atomic E-state index is 12.4. The predicted molar refractivity (Wildman–Crippen MR) is 134 cm³/mol. The molecule has 0 amide bonds. The monoisotopic (exact) mass is 493 g/mol. The smallest absolute Gasteiger partial charge is 0.310 e. The summed E-state index contributed by atoms with van der Waals surface area (Å²) in [5.41, 5.74) is 10.3. The fourth-order valence-electron chi connectivity index (χ4n) is 3.96. The molecule has 0 fully saturated rings. The summed E-state index contributed by atoms with van der Waals surface area (Å²) in [7, 11) is -3.52. The zero-order valence-electron chi connectivity index (χ0n) is 19.6. The van der Waals surface area contributed by atoms with Gasteiger partial charge in [-0.05, 0) is 60.0 Å². The summed E-state index contributed by atoms with van der Waals surface area (Å²) in [5.74, 6) is 0.238. The van der Waals surface area contributed by atoms with Crippen molar-refractivity contribution in [3.05, 3.63) is 83.8 Å². The number of pyridine rings is 1. The zero-order chi connectivity index (χ0) is 25.0. The Morgan fingerprint density at radius 1 is 1.11 bits per heavy atom. The Bertz CT molecular complexity index is 1480. The van der Waals surface area contributed by atoms with Crippen LogP contribution in [0.3, 0.4) is 0 Å². The Labute approximate surface area is 204 Å². The molecule has 9 heteroatoms. The second kappa shape index (κ2) is 10.3. The highest BCUT2D eigenvalue weighted by Gasteiger charge is 2.16. The van der Waals surface area contributed by atoms with Crippen molar-refractivity contribution >= 4 is 26.9 Å². The van der Waals surface area contributed by atoms with Crippen molar-refractivity contribution in [2.75, 3.05) is 12.9 Å². The lowest BCUT2D eigenvalue weighted by molar-refractivity contribution is -0.142. The molecule has 0 atom stereocenters. The summed E-state index contributed by atoms with van der Waals surface area (Å²) < 4.78 is 37.2. The van der Waals surface area contributed by atoms with E-state index in [1.165, 1.54) is 10.2 Å². The van der Waals surface area contributed by atoms with Crippen LogP contribution in [0.25, 0.3) is 22.0 Å². The van der Waals surface area contributed by atoms with Crippen LogP contribution in [0.1, 0.15) is 23.7 Å². The van der Waals surface area contributed by atoms with E-state index in [2.05, 4.69) is 4.98 Å². The van der Waals surface area contributed by atoms with Gasteiger partial charge in [0.15, 0.2) is 0 Å². The van der Waals surface area contributed by atoms with Gasteiger partial charge in [-0.1, -0.05) is 18.2 Å². The summed E-state index contributed by atoms with van der Waals surface area (Å²) >= 11 is 0. The molecule has 2 N–H and O–H groups in total. The molecule has 2 heterocycles. The minimum Gasteiger partial charge on any atom is -0.489 e. The number of fused-ring (bicyclic) bond motifs is 1. The van der Waals surface area contributed by atoms with E-state index in [-0.39, 0.29) is 19.0 Å². The molecule has 0 aliphatic rings. The number of nitrogens with zero attached hydrogens (tertiary/aromatic N) is 2. The van der Waals surface area contributed by atoms with Crippen molar-refractivity contribution in [3.63, 3.8) is 0 Å². The van der Waals surface area contributed by atoms with E-state index >= 15 is 0 Å². The van der Waals surface area contributed by atoms with Gasteiger partial charge in [0, 0.05) is 29.9 Å². The standard InChI is InChI=1S/C26H27N3O5S/c1-3-33-26(30)15-20-6-4-5-7-25(20)34-17-18-12-23(19-8-10-28-21(14-19)16-27)22-9-11-29(24(22)13-18)35(2,31)32/h4-14H,3,15-17,27H2,1-2H3. The SMILES string of the molecule is CCOC(=O)Cc1ccccc1OCc1cc(-c2ccnc(CN)c2)c2ccn(S(C)(=O)=O)c2c1. The Balaban J connectivity index is 1.74. The summed E-state index contributed by atoms with van der Waals surface area (Å²) in [6.45, 7) is 2.54. The first-order chi connectivity index (χ1) is 16.8. The van der Waals surface area contributed by atoms with E-state index in [0.717, 1.165) is 27.8 Å². The van der Waals surface area contributed by atoms with Gasteiger partial charge in [0.05, 0.1) is 30.5 Å². The molecule has 4 rings (SSSR count). The molecule has 2 aromatic carbocycles. The van der Waals surface area contributed by atoms with Crippen LogP contribution >= 0.6 is 0 Å². The van der Waals surface area contributed by atoms with Gasteiger partial charge in [0.1, 0.15) is 12.4 Å². The number of carbonyl (C=O) groups excluding carboxylic acids is 1. The number of hydrogen-bond donors (Lipinski definition) is 1. The molecule has 8 nitrogen and oxygen atoms in total. The number of hydrogen-bond acceptors (Lipinski definition) is 7. The number of ether oxygens (including phenoxy) is 2. The lowest BCUT2D eigenvalue weighted by Crippen LogP contribution is -2.09. The molecule has 0 bridgehead atoms. The minimum absolute atomic E-state index is 0.101. The van der Waals surface area contributed by atoms with Crippen LogP contribution < -0.4 is 10.5 Å². The van der Waals surface area contributed by atoms with Crippen LogP contribution in [-0.2, 0) is 39.1 Å². The first-order valence-electron chi connectivity index (χ1n) is 11.2. The van der Waals surface area contributed by atoms with Gasteiger partial charge >= 0.3 is 5.97 Å². The van der Waals surface area contributed by atoms with Crippen molar-refractivity contribution in [2.45, 2.75) is 26.5 Å². The molecule has 0 saturated carbocycles. The number of benzene rings is 2. The topological polar surface area (TPSA) is 114 Å². The molecular weight excluding hydrogens is 466 g/mol. The van der Waals surface area contributed by atoms with E-state index in [9.17, 15) is 13.2 Å². The van der Waals surface area contributed by atoms with Crippen LogP contribution in [0, 0.1) is 0 Å². The Kier molecular flexibility index (Phi) is 7.18. The van der Waals surface area contributed by atoms with E-state index < -0.39 is 10.0 Å². The summed E-state index contributed by atoms with van der Waals surface area (Å²) in [6, 6.07) is 16.6. The third-order valence-electron chi connectivity index (χ3n) is 5.53. The van der Waals surface area contributed by atoms with Crippen molar-refractivity contribution in [2.24, 2.45) is 5.73 Å². The number of nitrogens with two attached hydrogens (primary N) is 1. The second-order valence-corrected chi connectivity index (χ2v) is 9.93. The first-order valence-corrected chi connectivity index (χ1v) is 13.0. The van der Waals surface area contributed by atoms with Crippen molar-refractivity contribution in [3.8, 4) is 16.9 Å². The maximum Gasteiger partial charge on any atom is 0.310 e. The van der Waals surface area contributed by atoms with E-state index in [1.807, 2.05) is 36.4 Å². The molecule has 0 saturated heterocycles. The van der Waals surface area contributed by atoms with Gasteiger partial charge in [-0.2, -0.15) is 0 Å². The predicted octanol–water partition coefficient (Wildman–Crippen LogP) is 3.65. The quantitative estimate of drug-likeness (QED) is 0.354. The summed E-state index contributed by atoms with van der Waals surface area (Å²) in [4.78, 5) is 16.3. The molecule has 182 valence electrons. The molecule has 0 aliphatic carbocycles. The average molecular weight is 494 g/mol. The number of para-hydroxylation sites is 1. The van der Waals surface area contributed by atoms with Gasteiger partial charge in [-0.3, -0.25) is 9.78 Å². The van der Waals surface area contributed by atoms with Gasteiger partial charge in [-0.25, -0.2) is 12.4 Å². The van der Waals surface area contributed by atoms with E-state index in [1.54, 1.807) is 37.5 Å². The fraction of sp³-hybridized carbons (Fsp3) is 0.231. The first kappa shape index (κ1) is 24.4. The molecular formula is C26H27N3O5S. The van der Waals surface area contributed by atoms with E-state index in [0.29, 0.717) is 30.0 Å². The van der Waals surface area contributed by atoms with Crippen LogP contribution in [-0.4, -0.2) is 36.2 Å². The molecule has 4 aromatic rings. The highest BCUT2D eigenvalue weighted by Crippen LogP contribution is 2.32. The largest absolute Gasteiger partial charge is 0.489 e. The van der Waals surface area contributed by atoms with Crippen molar-refractivity contribution in [1.29, 1.82) is 0 Å². The van der Waals surface area contributed by atoms with Crippen molar-refractivity contribution < 1.29 is 22.7 Å². The van der Waals surface area contributed by atoms with Crippen LogP contribution in [0.4, 0.5) is 0 Å². The molecule has 2 aromatic heterocycles. The molecule has 35 heavy (non-hydrogen) atoms. The van der Waals surface area contributed by atoms with Crippen LogP contribution in [0.15, 0.2) is 67.0 Å². The molecule has 0 unspecified atom stereocenters. The number of rotatable bonds is 9.